The average molecular weight is 510 g/mol. The highest BCUT2D eigenvalue weighted by atomic mass is 19.1. The third kappa shape index (κ3) is 9.79. The van der Waals surface area contributed by atoms with Gasteiger partial charge in [-0.2, -0.15) is 0 Å². The van der Waals surface area contributed by atoms with Crippen molar-refractivity contribution < 1.29 is 15.0 Å². The Kier molecular flexibility index (Phi) is 11.4. The molecular weight excluding hydrogens is 468 g/mol. The quantitative estimate of drug-likeness (QED) is 0.290. The molecule has 1 amide bonds. The van der Waals surface area contributed by atoms with Gasteiger partial charge in [-0.15, -0.1) is 0 Å². The lowest BCUT2D eigenvalue weighted by molar-refractivity contribution is -0.112. The Morgan fingerprint density at radius 3 is 2.62 bits per heavy atom. The number of hydrogen-bond acceptors (Lipinski definition) is 2. The topological polar surface area (TPSA) is 57.8 Å². The first-order chi connectivity index (χ1) is 17.5. The fourth-order valence-electron chi connectivity index (χ4n) is 4.36. The maximum Gasteiger partial charge on any atom is 0.248 e. The smallest absolute Gasteiger partial charge is 0.248 e. The minimum absolute atomic E-state index is 0. The SMILES string of the molecule is CCC1CCC(C)(C)C(/C=C/C(C)=C/C=C/C(C)=C/C(=O)Nc2cc(F)ccc2F)=C1C.[HH].c1c[nH]cn1. The van der Waals surface area contributed by atoms with Gasteiger partial charge in [-0.3, -0.25) is 4.79 Å². The lowest BCUT2D eigenvalue weighted by Gasteiger charge is -2.37. The van der Waals surface area contributed by atoms with E-state index in [1.54, 1.807) is 31.7 Å². The van der Waals surface area contributed by atoms with Crippen molar-refractivity contribution in [1.29, 1.82) is 0 Å². The summed E-state index contributed by atoms with van der Waals surface area (Å²) in [5, 5.41) is 2.36. The van der Waals surface area contributed by atoms with E-state index in [2.05, 4.69) is 55.1 Å². The molecule has 3 rings (SSSR count). The van der Waals surface area contributed by atoms with Crippen molar-refractivity contribution in [2.45, 2.75) is 60.8 Å². The molecule has 1 heterocycles. The predicted octanol–water partition coefficient (Wildman–Crippen LogP) is 8.73. The van der Waals surface area contributed by atoms with Crippen molar-refractivity contribution in [2.75, 3.05) is 5.32 Å². The van der Waals surface area contributed by atoms with Crippen LogP contribution in [0.2, 0.25) is 0 Å². The number of H-pyrrole nitrogens is 1. The van der Waals surface area contributed by atoms with Gasteiger partial charge in [0.15, 0.2) is 0 Å². The first-order valence-electron chi connectivity index (χ1n) is 12.6. The second-order valence-corrected chi connectivity index (χ2v) is 9.99. The Balaban J connectivity index is 0.00000107. The van der Waals surface area contributed by atoms with Crippen LogP contribution in [-0.2, 0) is 4.79 Å². The van der Waals surface area contributed by atoms with E-state index in [0.717, 1.165) is 23.8 Å². The van der Waals surface area contributed by atoms with Gasteiger partial charge in [-0.25, -0.2) is 13.8 Å². The van der Waals surface area contributed by atoms with Crippen LogP contribution in [0.1, 0.15) is 62.2 Å². The Bertz CT molecular complexity index is 1170. The molecule has 1 aliphatic rings. The molecule has 37 heavy (non-hydrogen) atoms. The van der Waals surface area contributed by atoms with Gasteiger partial charge in [0.25, 0.3) is 0 Å². The Hall–Kier alpha value is -3.54. The maximum atomic E-state index is 13.6. The van der Waals surface area contributed by atoms with E-state index in [9.17, 15) is 13.6 Å². The van der Waals surface area contributed by atoms with Crippen LogP contribution in [0.4, 0.5) is 14.5 Å². The summed E-state index contributed by atoms with van der Waals surface area (Å²) in [6, 6.07) is 2.95. The van der Waals surface area contributed by atoms with Crippen molar-refractivity contribution >= 4 is 11.6 Å². The monoisotopic (exact) mass is 509 g/mol. The summed E-state index contributed by atoms with van der Waals surface area (Å²) in [5.41, 5.74) is 4.76. The zero-order valence-electron chi connectivity index (χ0n) is 22.7. The fourth-order valence-corrected chi connectivity index (χ4v) is 4.36. The fraction of sp³-hybridized carbons (Fsp3) is 0.355. The molecule has 200 valence electrons. The predicted molar refractivity (Wildman–Crippen MR) is 151 cm³/mol. The number of hydrogen-bond donors (Lipinski definition) is 2. The van der Waals surface area contributed by atoms with Crippen LogP contribution in [0, 0.1) is 23.0 Å². The van der Waals surface area contributed by atoms with Crippen molar-refractivity contribution in [2.24, 2.45) is 11.3 Å². The molecule has 1 aromatic carbocycles. The van der Waals surface area contributed by atoms with Gasteiger partial charge in [-0.1, -0.05) is 62.3 Å². The lowest BCUT2D eigenvalue weighted by atomic mass is 9.68. The lowest BCUT2D eigenvalue weighted by Crippen LogP contribution is -2.24. The summed E-state index contributed by atoms with van der Waals surface area (Å²) in [7, 11) is 0. The number of amides is 1. The van der Waals surface area contributed by atoms with Crippen LogP contribution in [0.25, 0.3) is 0 Å². The first-order valence-corrected chi connectivity index (χ1v) is 12.6. The van der Waals surface area contributed by atoms with Crippen LogP contribution in [0.15, 0.2) is 95.7 Å². The number of nitrogens with one attached hydrogen (secondary N) is 2. The van der Waals surface area contributed by atoms with Crippen molar-refractivity contribution in [3.63, 3.8) is 0 Å². The number of carbonyl (C=O) groups is 1. The van der Waals surface area contributed by atoms with Crippen LogP contribution in [0.3, 0.4) is 0 Å². The second-order valence-electron chi connectivity index (χ2n) is 9.99. The maximum absolute atomic E-state index is 13.6. The molecule has 6 heteroatoms. The van der Waals surface area contributed by atoms with E-state index in [1.165, 1.54) is 36.5 Å². The number of aromatic amines is 1. The zero-order valence-corrected chi connectivity index (χ0v) is 22.7. The average Bonchev–Trinajstić information content (AvgIpc) is 3.41. The number of aromatic nitrogens is 2. The van der Waals surface area contributed by atoms with Gasteiger partial charge >= 0.3 is 0 Å². The summed E-state index contributed by atoms with van der Waals surface area (Å²) < 4.78 is 26.9. The largest absolute Gasteiger partial charge is 0.351 e. The molecule has 0 spiro atoms. The number of rotatable bonds is 7. The third-order valence-corrected chi connectivity index (χ3v) is 6.56. The molecule has 0 fully saturated rings. The summed E-state index contributed by atoms with van der Waals surface area (Å²) >= 11 is 0. The minimum atomic E-state index is -0.677. The van der Waals surface area contributed by atoms with E-state index < -0.39 is 17.5 Å². The second kappa shape index (κ2) is 14.3. The van der Waals surface area contributed by atoms with Gasteiger partial charge in [0.1, 0.15) is 11.6 Å². The molecule has 1 aliphatic carbocycles. The highest BCUT2D eigenvalue weighted by molar-refractivity contribution is 6.00. The van der Waals surface area contributed by atoms with E-state index >= 15 is 0 Å². The van der Waals surface area contributed by atoms with E-state index in [4.69, 9.17) is 0 Å². The standard InChI is InChI=1S/C28H35F2NO.C3H4N2.H2/c1-7-22-15-16-28(5,6)24(21(22)4)13-11-19(2)9-8-10-20(3)17-27(32)31-26-18-23(29)12-14-25(26)30;1-2-5-3-4-1;/h8-14,17-18,22H,7,15-16H2,1-6H3,(H,31,32);1-3H,(H,4,5);1H/b10-8+,13-11+,19-9+,20-17+;;. The summed E-state index contributed by atoms with van der Waals surface area (Å²) in [6.07, 6.45) is 20.1. The first kappa shape index (κ1) is 29.7. The highest BCUT2D eigenvalue weighted by Crippen LogP contribution is 2.44. The molecule has 4 nitrogen and oxygen atoms in total. The van der Waals surface area contributed by atoms with E-state index in [1.807, 2.05) is 19.1 Å². The van der Waals surface area contributed by atoms with Crippen LogP contribution in [-0.4, -0.2) is 15.9 Å². The van der Waals surface area contributed by atoms with Crippen LogP contribution in [0.5, 0.6) is 0 Å². The Morgan fingerprint density at radius 2 is 2.00 bits per heavy atom. The molecule has 0 saturated heterocycles. The van der Waals surface area contributed by atoms with Crippen molar-refractivity contribution in [3.05, 3.63) is 107 Å². The van der Waals surface area contributed by atoms with Crippen LogP contribution >= 0.6 is 0 Å². The third-order valence-electron chi connectivity index (χ3n) is 6.56. The number of carbonyl (C=O) groups excluding carboxylic acids is 1. The molecule has 1 atom stereocenters. The van der Waals surface area contributed by atoms with E-state index in [0.29, 0.717) is 11.5 Å². The Morgan fingerprint density at radius 1 is 1.24 bits per heavy atom. The molecule has 1 aromatic heterocycles. The number of allylic oxidation sites excluding steroid dienone is 9. The van der Waals surface area contributed by atoms with Gasteiger partial charge in [-0.05, 0) is 74.6 Å². The van der Waals surface area contributed by atoms with Crippen LogP contribution < -0.4 is 5.32 Å². The van der Waals surface area contributed by atoms with Gasteiger partial charge in [0, 0.05) is 26.0 Å². The summed E-state index contributed by atoms with van der Waals surface area (Å²) in [5.74, 6) is -1.12. The molecule has 2 aromatic rings. The molecule has 0 radical (unpaired) electrons. The molecular formula is C31H41F2N3O. The molecule has 2 N–H and O–H groups in total. The normalized spacial score (nSPS) is 18.2. The van der Waals surface area contributed by atoms with Gasteiger partial charge < -0.3 is 10.3 Å². The van der Waals surface area contributed by atoms with Crippen molar-refractivity contribution in [3.8, 4) is 0 Å². The zero-order chi connectivity index (χ0) is 27.4. The van der Waals surface area contributed by atoms with Gasteiger partial charge in [0.05, 0.1) is 12.0 Å². The number of nitrogens with zero attached hydrogens (tertiary/aromatic N) is 1. The van der Waals surface area contributed by atoms with Crippen molar-refractivity contribution in [1.82, 2.24) is 9.97 Å². The number of halogens is 2. The summed E-state index contributed by atoms with van der Waals surface area (Å²) in [4.78, 5) is 18.5. The van der Waals surface area contributed by atoms with E-state index in [-0.39, 0.29) is 12.5 Å². The number of imidazole rings is 1. The van der Waals surface area contributed by atoms with Gasteiger partial charge in [0.2, 0.25) is 5.91 Å². The Labute approximate surface area is 221 Å². The molecule has 0 bridgehead atoms. The summed E-state index contributed by atoms with van der Waals surface area (Å²) in [6.45, 7) is 13.0. The molecule has 0 saturated carbocycles. The number of anilines is 1. The molecule has 0 aliphatic heterocycles. The highest BCUT2D eigenvalue weighted by Gasteiger charge is 2.30. The minimum Gasteiger partial charge on any atom is -0.351 e. The number of benzene rings is 1. The molecule has 1 unspecified atom stereocenters.